The number of likely N-dealkylation sites (tertiary alicyclic amines) is 1. The van der Waals surface area contributed by atoms with Crippen LogP contribution in [0.1, 0.15) is 23.9 Å². The smallest absolute Gasteiger partial charge is 0.123 e. The Morgan fingerprint density at radius 3 is 2.61 bits per heavy atom. The van der Waals surface area contributed by atoms with Gasteiger partial charge in [0, 0.05) is 30.9 Å². The van der Waals surface area contributed by atoms with E-state index in [4.69, 9.17) is 4.98 Å². The van der Waals surface area contributed by atoms with Crippen molar-refractivity contribution in [2.24, 2.45) is 0 Å². The number of thiazole rings is 1. The minimum absolute atomic E-state index is 0.219. The molecule has 142 valence electrons. The zero-order valence-corrected chi connectivity index (χ0v) is 16.3. The number of piperidine rings is 1. The van der Waals surface area contributed by atoms with E-state index in [0.717, 1.165) is 49.2 Å². The van der Waals surface area contributed by atoms with Crippen LogP contribution in [0.5, 0.6) is 0 Å². The van der Waals surface area contributed by atoms with Crippen LogP contribution < -0.4 is 0 Å². The van der Waals surface area contributed by atoms with Crippen molar-refractivity contribution < 1.29 is 4.39 Å². The number of rotatable bonds is 4. The Morgan fingerprint density at radius 1 is 1.04 bits per heavy atom. The Hall–Kier alpha value is -2.57. The number of hydrogen-bond acceptors (Lipinski definition) is 4. The monoisotopic (exact) mass is 392 g/mol. The van der Waals surface area contributed by atoms with E-state index in [1.54, 1.807) is 23.5 Å². The van der Waals surface area contributed by atoms with Crippen LogP contribution in [-0.4, -0.2) is 32.5 Å². The highest BCUT2D eigenvalue weighted by Gasteiger charge is 2.21. The standard InChI is InChI=1S/C22H21FN4S/c23-17-7-5-16(6-8-17)20-13-27(15-24-20)18-9-11-26(12-10-18)14-22-25-19-3-1-2-4-21(19)28-22/h1-8,13,15,18H,9-12,14H2. The molecule has 4 aromatic rings. The molecule has 0 N–H and O–H groups in total. The third kappa shape index (κ3) is 3.57. The molecule has 1 saturated heterocycles. The molecular weight excluding hydrogens is 371 g/mol. The van der Waals surface area contributed by atoms with Crippen LogP contribution in [0.4, 0.5) is 4.39 Å². The second kappa shape index (κ2) is 7.45. The molecule has 2 aromatic heterocycles. The molecule has 3 heterocycles. The summed E-state index contributed by atoms with van der Waals surface area (Å²) in [5, 5.41) is 1.20. The molecule has 1 fully saturated rings. The van der Waals surface area contributed by atoms with Gasteiger partial charge in [0.15, 0.2) is 0 Å². The molecule has 0 unspecified atom stereocenters. The molecule has 28 heavy (non-hydrogen) atoms. The molecule has 5 rings (SSSR count). The molecule has 0 aliphatic carbocycles. The van der Waals surface area contributed by atoms with E-state index >= 15 is 0 Å². The van der Waals surface area contributed by atoms with E-state index in [9.17, 15) is 4.39 Å². The first kappa shape index (κ1) is 17.5. The quantitative estimate of drug-likeness (QED) is 0.482. The van der Waals surface area contributed by atoms with Crippen LogP contribution in [-0.2, 0) is 6.54 Å². The van der Waals surface area contributed by atoms with E-state index in [2.05, 4.69) is 38.8 Å². The summed E-state index contributed by atoms with van der Waals surface area (Å²) in [6.07, 6.45) is 6.20. The summed E-state index contributed by atoms with van der Waals surface area (Å²) in [5.41, 5.74) is 2.95. The van der Waals surface area contributed by atoms with Gasteiger partial charge in [-0.15, -0.1) is 11.3 Å². The third-order valence-corrected chi connectivity index (χ3v) is 6.44. The number of imidazole rings is 1. The van der Waals surface area contributed by atoms with Gasteiger partial charge in [0.25, 0.3) is 0 Å². The fourth-order valence-electron chi connectivity index (χ4n) is 3.86. The molecule has 4 nitrogen and oxygen atoms in total. The van der Waals surface area contributed by atoms with Gasteiger partial charge in [0.05, 0.1) is 28.8 Å². The molecule has 1 aliphatic heterocycles. The van der Waals surface area contributed by atoms with Gasteiger partial charge in [0.1, 0.15) is 10.8 Å². The Morgan fingerprint density at radius 2 is 1.82 bits per heavy atom. The minimum Gasteiger partial charge on any atom is -0.334 e. The van der Waals surface area contributed by atoms with Crippen molar-refractivity contribution in [3.63, 3.8) is 0 Å². The number of benzene rings is 2. The molecule has 0 saturated carbocycles. The van der Waals surface area contributed by atoms with E-state index in [1.165, 1.54) is 21.8 Å². The zero-order valence-electron chi connectivity index (χ0n) is 15.5. The summed E-state index contributed by atoms with van der Waals surface area (Å²) in [6.45, 7) is 3.05. The number of halogens is 1. The van der Waals surface area contributed by atoms with Crippen LogP contribution in [0, 0.1) is 5.82 Å². The van der Waals surface area contributed by atoms with Crippen molar-refractivity contribution in [1.29, 1.82) is 0 Å². The molecule has 1 aliphatic rings. The predicted molar refractivity (Wildman–Crippen MR) is 111 cm³/mol. The maximum absolute atomic E-state index is 13.1. The molecular formula is C22H21FN4S. The number of nitrogens with zero attached hydrogens (tertiary/aromatic N) is 4. The van der Waals surface area contributed by atoms with Gasteiger partial charge < -0.3 is 4.57 Å². The van der Waals surface area contributed by atoms with Gasteiger partial charge in [0.2, 0.25) is 0 Å². The highest BCUT2D eigenvalue weighted by atomic mass is 32.1. The fourth-order valence-corrected chi connectivity index (χ4v) is 4.87. The largest absolute Gasteiger partial charge is 0.334 e. The first-order valence-corrected chi connectivity index (χ1v) is 10.4. The van der Waals surface area contributed by atoms with Crippen molar-refractivity contribution in [2.45, 2.75) is 25.4 Å². The lowest BCUT2D eigenvalue weighted by Crippen LogP contribution is -2.33. The van der Waals surface area contributed by atoms with Crippen molar-refractivity contribution >= 4 is 21.6 Å². The first-order valence-electron chi connectivity index (χ1n) is 9.61. The van der Waals surface area contributed by atoms with Gasteiger partial charge in [-0.05, 0) is 49.2 Å². The summed E-state index contributed by atoms with van der Waals surface area (Å²) in [6, 6.07) is 15.3. The van der Waals surface area contributed by atoms with Gasteiger partial charge in [-0.3, -0.25) is 4.90 Å². The highest BCUT2D eigenvalue weighted by Crippen LogP contribution is 2.28. The second-order valence-corrected chi connectivity index (χ2v) is 8.41. The summed E-state index contributed by atoms with van der Waals surface area (Å²) in [5.74, 6) is -0.219. The molecule has 0 bridgehead atoms. The van der Waals surface area contributed by atoms with E-state index < -0.39 is 0 Å². The van der Waals surface area contributed by atoms with Gasteiger partial charge in [-0.2, -0.15) is 0 Å². The highest BCUT2D eigenvalue weighted by molar-refractivity contribution is 7.18. The number of fused-ring (bicyclic) bond motifs is 1. The molecule has 0 atom stereocenters. The third-order valence-electron chi connectivity index (χ3n) is 5.42. The second-order valence-electron chi connectivity index (χ2n) is 7.30. The van der Waals surface area contributed by atoms with Crippen LogP contribution in [0.25, 0.3) is 21.5 Å². The van der Waals surface area contributed by atoms with Crippen molar-refractivity contribution in [1.82, 2.24) is 19.4 Å². The lowest BCUT2D eigenvalue weighted by atomic mass is 10.0. The first-order chi connectivity index (χ1) is 13.7. The zero-order chi connectivity index (χ0) is 18.9. The lowest BCUT2D eigenvalue weighted by molar-refractivity contribution is 0.179. The van der Waals surface area contributed by atoms with Crippen molar-refractivity contribution in [3.05, 3.63) is 71.9 Å². The lowest BCUT2D eigenvalue weighted by Gasteiger charge is -2.31. The average Bonchev–Trinajstić information content (AvgIpc) is 3.36. The number of aromatic nitrogens is 3. The Balaban J connectivity index is 1.22. The van der Waals surface area contributed by atoms with Crippen LogP contribution in [0.2, 0.25) is 0 Å². The average molecular weight is 393 g/mol. The van der Waals surface area contributed by atoms with Gasteiger partial charge in [-0.25, -0.2) is 14.4 Å². The summed E-state index contributed by atoms with van der Waals surface area (Å²) in [4.78, 5) is 11.8. The molecule has 0 radical (unpaired) electrons. The van der Waals surface area contributed by atoms with Crippen LogP contribution in [0.15, 0.2) is 61.1 Å². The van der Waals surface area contributed by atoms with Gasteiger partial charge >= 0.3 is 0 Å². The summed E-state index contributed by atoms with van der Waals surface area (Å²) in [7, 11) is 0. The Bertz CT molecular complexity index is 1040. The topological polar surface area (TPSA) is 34.0 Å². The van der Waals surface area contributed by atoms with Crippen molar-refractivity contribution in [3.8, 4) is 11.3 Å². The summed E-state index contributed by atoms with van der Waals surface area (Å²) < 4.78 is 16.6. The van der Waals surface area contributed by atoms with E-state index in [1.807, 2.05) is 12.4 Å². The van der Waals surface area contributed by atoms with Crippen LogP contribution in [0.3, 0.4) is 0 Å². The molecule has 6 heteroatoms. The minimum atomic E-state index is -0.219. The van der Waals surface area contributed by atoms with E-state index in [0.29, 0.717) is 6.04 Å². The number of para-hydroxylation sites is 1. The van der Waals surface area contributed by atoms with Crippen LogP contribution >= 0.6 is 11.3 Å². The summed E-state index contributed by atoms with van der Waals surface area (Å²) >= 11 is 1.80. The van der Waals surface area contributed by atoms with Gasteiger partial charge in [-0.1, -0.05) is 12.1 Å². The predicted octanol–water partition coefficient (Wildman–Crippen LogP) is 5.14. The maximum atomic E-state index is 13.1. The molecule has 0 amide bonds. The Labute approximate surface area is 167 Å². The van der Waals surface area contributed by atoms with Crippen molar-refractivity contribution in [2.75, 3.05) is 13.1 Å². The maximum Gasteiger partial charge on any atom is 0.123 e. The normalized spacial score (nSPS) is 16.0. The number of hydrogen-bond donors (Lipinski definition) is 0. The SMILES string of the molecule is Fc1ccc(-c2cn(C3CCN(Cc4nc5ccccc5s4)CC3)cn2)cc1. The fraction of sp³-hybridized carbons (Fsp3) is 0.273. The molecule has 2 aromatic carbocycles. The molecule has 0 spiro atoms. The van der Waals surface area contributed by atoms with E-state index in [-0.39, 0.29) is 5.82 Å². The Kier molecular flexibility index (Phi) is 4.66.